The molecule has 6 nitrogen and oxygen atoms in total. The number of hydrogen-bond donors (Lipinski definition) is 0. The van der Waals surface area contributed by atoms with Crippen molar-refractivity contribution in [3.8, 4) is 23.0 Å². The summed E-state index contributed by atoms with van der Waals surface area (Å²) in [5, 5.41) is 22.0. The average molecular weight is 516 g/mol. The third-order valence-corrected chi connectivity index (χ3v) is 5.83. The largest absolute Gasteiger partial charge is 2.00 e. The van der Waals surface area contributed by atoms with E-state index in [2.05, 4.69) is 0 Å². The first-order valence-corrected chi connectivity index (χ1v) is 10.7. The number of carbonyl (C=O) groups is 2. The zero-order valence-electron chi connectivity index (χ0n) is 18.7. The van der Waals surface area contributed by atoms with E-state index in [-0.39, 0.29) is 30.6 Å². The van der Waals surface area contributed by atoms with Crippen LogP contribution in [-0.4, -0.2) is 11.9 Å². The van der Waals surface area contributed by atoms with Gasteiger partial charge in [-0.25, -0.2) is 0 Å². The van der Waals surface area contributed by atoms with Crippen molar-refractivity contribution in [3.05, 3.63) is 118 Å². The molecule has 0 spiro atoms. The van der Waals surface area contributed by atoms with Crippen LogP contribution < -0.4 is 19.7 Å². The van der Waals surface area contributed by atoms with Gasteiger partial charge in [-0.05, 0) is 35.4 Å². The summed E-state index contributed by atoms with van der Waals surface area (Å²) in [6, 6.07) is 25.2. The Morgan fingerprint density at radius 1 is 0.543 bits per heavy atom. The van der Waals surface area contributed by atoms with Crippen LogP contribution in [0.1, 0.15) is 43.0 Å². The van der Waals surface area contributed by atoms with Crippen molar-refractivity contribution in [2.75, 3.05) is 0 Å². The number of benzene rings is 4. The average Bonchev–Trinajstić information content (AvgIpc) is 2.85. The fraction of sp³-hybridized carbons (Fsp3) is 0.0714. The molecule has 0 aliphatic carbocycles. The molecule has 0 bridgehead atoms. The predicted molar refractivity (Wildman–Crippen MR) is 120 cm³/mol. The number of ether oxygens (including phenoxy) is 2. The first kappa shape index (κ1) is 24.2. The smallest absolute Gasteiger partial charge is 0.545 e. The van der Waals surface area contributed by atoms with Gasteiger partial charge in [0.2, 0.25) is 0 Å². The second-order valence-electron chi connectivity index (χ2n) is 7.91. The Balaban J connectivity index is 0.000000160. The van der Waals surface area contributed by atoms with Crippen LogP contribution in [0.5, 0.6) is 23.0 Å². The fourth-order valence-corrected chi connectivity index (χ4v) is 4.19. The van der Waals surface area contributed by atoms with E-state index in [9.17, 15) is 19.8 Å². The molecule has 0 unspecified atom stereocenters. The Morgan fingerprint density at radius 3 is 1.31 bits per heavy atom. The van der Waals surface area contributed by atoms with Gasteiger partial charge in [0.05, 0.1) is 11.9 Å². The maximum Gasteiger partial charge on any atom is 2.00 e. The molecule has 2 aliphatic heterocycles. The zero-order valence-corrected chi connectivity index (χ0v) is 21.6. The molecule has 0 radical (unpaired) electrons. The quantitative estimate of drug-likeness (QED) is 0.327. The van der Waals surface area contributed by atoms with Crippen LogP contribution in [0.3, 0.4) is 0 Å². The molecule has 0 atom stereocenters. The minimum absolute atomic E-state index is 0. The molecule has 2 heterocycles. The van der Waals surface area contributed by atoms with Crippen molar-refractivity contribution in [2.24, 2.45) is 0 Å². The third-order valence-electron chi connectivity index (χ3n) is 5.83. The van der Waals surface area contributed by atoms with Crippen molar-refractivity contribution in [2.45, 2.75) is 12.8 Å². The van der Waals surface area contributed by atoms with Crippen molar-refractivity contribution in [3.63, 3.8) is 0 Å². The van der Waals surface area contributed by atoms with Gasteiger partial charge in [0.15, 0.2) is 0 Å². The molecule has 168 valence electrons. The number of fused-ring (bicyclic) bond motifs is 4. The summed E-state index contributed by atoms with van der Waals surface area (Å²) >= 11 is 0. The predicted octanol–water partition coefficient (Wildman–Crippen LogP) is 3.49. The summed E-state index contributed by atoms with van der Waals surface area (Å²) < 4.78 is 11.4. The van der Waals surface area contributed by atoms with E-state index in [4.69, 9.17) is 9.47 Å². The van der Waals surface area contributed by atoms with E-state index < -0.39 is 11.9 Å². The molecule has 0 saturated heterocycles. The molecule has 0 fully saturated rings. The van der Waals surface area contributed by atoms with Crippen molar-refractivity contribution >= 4 is 11.9 Å². The molecule has 4 aromatic rings. The van der Waals surface area contributed by atoms with Crippen LogP contribution in [0.25, 0.3) is 0 Å². The number of carboxylic acids is 2. The van der Waals surface area contributed by atoms with Gasteiger partial charge in [0, 0.05) is 35.1 Å². The Bertz CT molecular complexity index is 1320. The summed E-state index contributed by atoms with van der Waals surface area (Å²) in [4.78, 5) is 22.0. The van der Waals surface area contributed by atoms with Gasteiger partial charge in [-0.3, -0.25) is 0 Å². The molecule has 0 N–H and O–H groups in total. The van der Waals surface area contributed by atoms with E-state index in [1.165, 1.54) is 0 Å². The van der Waals surface area contributed by atoms with Crippen molar-refractivity contribution < 1.29 is 48.8 Å². The second kappa shape index (κ2) is 10.1. The molecule has 4 aromatic carbocycles. The first-order chi connectivity index (χ1) is 16.5. The van der Waals surface area contributed by atoms with Crippen LogP contribution in [0.15, 0.2) is 84.9 Å². The van der Waals surface area contributed by atoms with Gasteiger partial charge in [-0.2, -0.15) is 0 Å². The molecular weight excluding hydrogens is 498 g/mol. The van der Waals surface area contributed by atoms with E-state index in [1.807, 2.05) is 48.5 Å². The second-order valence-corrected chi connectivity index (χ2v) is 7.91. The van der Waals surface area contributed by atoms with Gasteiger partial charge < -0.3 is 29.3 Å². The van der Waals surface area contributed by atoms with E-state index in [0.29, 0.717) is 35.5 Å². The number of para-hydroxylation sites is 2. The summed E-state index contributed by atoms with van der Waals surface area (Å²) in [7, 11) is 0. The maximum atomic E-state index is 11.0. The van der Waals surface area contributed by atoms with Gasteiger partial charge in [0.25, 0.3) is 0 Å². The summed E-state index contributed by atoms with van der Waals surface area (Å²) in [5.41, 5.74) is 3.77. The fourth-order valence-electron chi connectivity index (χ4n) is 4.19. The summed E-state index contributed by atoms with van der Waals surface area (Å²) in [6.45, 7) is 0. The van der Waals surface area contributed by atoms with Crippen molar-refractivity contribution in [1.82, 2.24) is 0 Å². The third kappa shape index (κ3) is 4.82. The Hall–Kier alpha value is -3.96. The number of aromatic carboxylic acids is 2. The van der Waals surface area contributed by atoms with Gasteiger partial charge in [-0.1, -0.05) is 60.7 Å². The van der Waals surface area contributed by atoms with Crippen LogP contribution in [0.4, 0.5) is 0 Å². The van der Waals surface area contributed by atoms with Crippen LogP contribution in [0, 0.1) is 0 Å². The van der Waals surface area contributed by atoms with Gasteiger partial charge in [0.1, 0.15) is 23.0 Å². The molecule has 0 amide bonds. The molecule has 0 saturated carbocycles. The van der Waals surface area contributed by atoms with E-state index in [1.54, 1.807) is 36.4 Å². The van der Waals surface area contributed by atoms with E-state index >= 15 is 0 Å². The first-order valence-electron chi connectivity index (χ1n) is 10.7. The van der Waals surface area contributed by atoms with Crippen LogP contribution in [0.2, 0.25) is 0 Å². The molecule has 6 rings (SSSR count). The number of carboxylic acid groups (broad SMARTS) is 2. The maximum absolute atomic E-state index is 11.0. The summed E-state index contributed by atoms with van der Waals surface area (Å²) in [6.07, 6.45) is 1.13. The Kier molecular flexibility index (Phi) is 6.99. The topological polar surface area (TPSA) is 98.7 Å². The SMILES string of the molecule is O=C([O-])c1cccc2c1Cc1ccccc1O2.O=C([O-])c1cccc2c1Cc1ccccc1O2.[Zn+2]. The Labute approximate surface area is 214 Å². The van der Waals surface area contributed by atoms with Crippen molar-refractivity contribution in [1.29, 1.82) is 0 Å². The summed E-state index contributed by atoms with van der Waals surface area (Å²) in [5.74, 6) is 0.455. The van der Waals surface area contributed by atoms with Gasteiger partial charge in [-0.15, -0.1) is 0 Å². The number of hydrogen-bond acceptors (Lipinski definition) is 6. The van der Waals surface area contributed by atoms with Crippen LogP contribution >= 0.6 is 0 Å². The minimum Gasteiger partial charge on any atom is -0.545 e. The molecular formula is C28H18O6Zn. The van der Waals surface area contributed by atoms with Crippen LogP contribution in [-0.2, 0) is 32.3 Å². The van der Waals surface area contributed by atoms with E-state index in [0.717, 1.165) is 22.6 Å². The number of carbonyl (C=O) groups excluding carboxylic acids is 2. The monoisotopic (exact) mass is 514 g/mol. The standard InChI is InChI=1S/2C14H10O3.Zn/c2*15-14(16)10-5-3-7-13-11(10)8-9-4-1-2-6-12(9)17-13;/h2*1-7H,8H2,(H,15,16);/q;;+2/p-2. The minimum atomic E-state index is -1.16. The molecule has 2 aliphatic rings. The molecule has 7 heteroatoms. The Morgan fingerprint density at radius 2 is 0.914 bits per heavy atom. The molecule has 0 aromatic heterocycles. The zero-order chi connectivity index (χ0) is 23.7. The molecule has 35 heavy (non-hydrogen) atoms. The number of rotatable bonds is 2. The normalized spacial score (nSPS) is 11.9. The van der Waals surface area contributed by atoms with Gasteiger partial charge >= 0.3 is 19.5 Å².